The van der Waals surface area contributed by atoms with Gasteiger partial charge in [-0.25, -0.2) is 0 Å². The Labute approximate surface area is 97.4 Å². The molecule has 4 N–H and O–H groups in total. The molecule has 0 saturated carbocycles. The fourth-order valence-electron chi connectivity index (χ4n) is 2.36. The Hall–Kier alpha value is -1.06. The highest BCUT2D eigenvalue weighted by atomic mass is 15.1. The van der Waals surface area contributed by atoms with Crippen molar-refractivity contribution in [2.45, 2.75) is 25.8 Å². The van der Waals surface area contributed by atoms with Crippen LogP contribution in [0.2, 0.25) is 0 Å². The molecule has 0 fully saturated rings. The first-order valence-corrected chi connectivity index (χ1v) is 6.09. The van der Waals surface area contributed by atoms with E-state index in [-0.39, 0.29) is 6.04 Å². The normalized spacial score (nSPS) is 16.3. The fraction of sp³-hybridized carbons (Fsp3) is 0.538. The molecule has 1 heterocycles. The zero-order chi connectivity index (χ0) is 11.5. The maximum absolute atomic E-state index is 5.94. The molecule has 0 saturated heterocycles. The summed E-state index contributed by atoms with van der Waals surface area (Å²) >= 11 is 0. The molecule has 1 atom stereocenters. The smallest absolute Gasteiger partial charge is 0.0419 e. The van der Waals surface area contributed by atoms with Crippen molar-refractivity contribution in [3.8, 4) is 0 Å². The van der Waals surface area contributed by atoms with E-state index in [2.05, 4.69) is 30.0 Å². The van der Waals surface area contributed by atoms with Crippen molar-refractivity contribution in [2.75, 3.05) is 24.5 Å². The summed E-state index contributed by atoms with van der Waals surface area (Å²) in [4.78, 5) is 2.45. The van der Waals surface area contributed by atoms with Crippen LogP contribution in [0.25, 0.3) is 0 Å². The van der Waals surface area contributed by atoms with E-state index >= 15 is 0 Å². The molecule has 0 amide bonds. The van der Waals surface area contributed by atoms with Crippen molar-refractivity contribution in [2.24, 2.45) is 11.5 Å². The van der Waals surface area contributed by atoms with Crippen molar-refractivity contribution in [3.05, 3.63) is 29.3 Å². The lowest BCUT2D eigenvalue weighted by molar-refractivity contribution is 0.736. The maximum atomic E-state index is 5.94. The highest BCUT2D eigenvalue weighted by molar-refractivity contribution is 5.59. The van der Waals surface area contributed by atoms with E-state index in [0.717, 1.165) is 19.5 Å². The van der Waals surface area contributed by atoms with Gasteiger partial charge in [-0.1, -0.05) is 19.1 Å². The summed E-state index contributed by atoms with van der Waals surface area (Å²) in [6, 6.07) is 6.51. The monoisotopic (exact) mass is 219 g/mol. The van der Waals surface area contributed by atoms with Crippen LogP contribution in [0.15, 0.2) is 18.2 Å². The van der Waals surface area contributed by atoms with Crippen LogP contribution in [0.3, 0.4) is 0 Å². The average Bonchev–Trinajstić information content (AvgIpc) is 2.71. The number of hydrogen-bond donors (Lipinski definition) is 2. The Kier molecular flexibility index (Phi) is 3.46. The van der Waals surface area contributed by atoms with Gasteiger partial charge < -0.3 is 16.4 Å². The van der Waals surface area contributed by atoms with Gasteiger partial charge >= 0.3 is 0 Å². The molecule has 2 rings (SSSR count). The third kappa shape index (κ3) is 2.06. The molecule has 1 aliphatic heterocycles. The number of benzene rings is 1. The second-order valence-corrected chi connectivity index (χ2v) is 4.47. The summed E-state index contributed by atoms with van der Waals surface area (Å²) in [5.74, 6) is 0. The summed E-state index contributed by atoms with van der Waals surface area (Å²) < 4.78 is 0. The summed E-state index contributed by atoms with van der Waals surface area (Å²) in [5, 5.41) is 0. The second kappa shape index (κ2) is 4.85. The van der Waals surface area contributed by atoms with Gasteiger partial charge in [-0.3, -0.25) is 0 Å². The zero-order valence-electron chi connectivity index (χ0n) is 9.95. The summed E-state index contributed by atoms with van der Waals surface area (Å²) in [6.07, 6.45) is 2.34. The van der Waals surface area contributed by atoms with Crippen molar-refractivity contribution in [3.63, 3.8) is 0 Å². The van der Waals surface area contributed by atoms with Crippen molar-refractivity contribution < 1.29 is 0 Å². The molecule has 3 nitrogen and oxygen atoms in total. The third-order valence-electron chi connectivity index (χ3n) is 3.27. The predicted octanol–water partition coefficient (Wildman–Crippen LogP) is 1.42. The minimum Gasteiger partial charge on any atom is -0.371 e. The van der Waals surface area contributed by atoms with Gasteiger partial charge in [0.05, 0.1) is 0 Å². The van der Waals surface area contributed by atoms with Gasteiger partial charge in [0, 0.05) is 31.4 Å². The number of hydrogen-bond acceptors (Lipinski definition) is 3. The van der Waals surface area contributed by atoms with Crippen LogP contribution in [-0.2, 0) is 6.42 Å². The third-order valence-corrected chi connectivity index (χ3v) is 3.27. The largest absolute Gasteiger partial charge is 0.371 e. The molecule has 0 unspecified atom stereocenters. The minimum absolute atomic E-state index is 0.0227. The Morgan fingerprint density at radius 1 is 1.44 bits per heavy atom. The first kappa shape index (κ1) is 11.4. The number of anilines is 1. The van der Waals surface area contributed by atoms with Crippen LogP contribution < -0.4 is 16.4 Å². The summed E-state index contributed by atoms with van der Waals surface area (Å²) in [7, 11) is 0. The SMILES string of the molecule is CCCN1CCc2cc([C@H](N)CN)ccc21. The van der Waals surface area contributed by atoms with Gasteiger partial charge in [0.1, 0.15) is 0 Å². The van der Waals surface area contributed by atoms with Crippen LogP contribution in [0, 0.1) is 0 Å². The molecule has 1 aromatic carbocycles. The first-order valence-electron chi connectivity index (χ1n) is 6.09. The van der Waals surface area contributed by atoms with Crippen molar-refractivity contribution in [1.82, 2.24) is 0 Å². The quantitative estimate of drug-likeness (QED) is 0.805. The molecule has 1 aromatic rings. The Morgan fingerprint density at radius 2 is 2.25 bits per heavy atom. The molecule has 0 aliphatic carbocycles. The van der Waals surface area contributed by atoms with Crippen LogP contribution in [0.4, 0.5) is 5.69 Å². The molecule has 0 spiro atoms. The summed E-state index contributed by atoms with van der Waals surface area (Å²) in [5.41, 5.74) is 15.5. The minimum atomic E-state index is -0.0227. The average molecular weight is 219 g/mol. The second-order valence-electron chi connectivity index (χ2n) is 4.47. The molecule has 16 heavy (non-hydrogen) atoms. The molecule has 0 aromatic heterocycles. The van der Waals surface area contributed by atoms with E-state index in [9.17, 15) is 0 Å². The molecule has 1 aliphatic rings. The van der Waals surface area contributed by atoms with E-state index in [0.29, 0.717) is 6.54 Å². The van der Waals surface area contributed by atoms with Gasteiger partial charge in [0.2, 0.25) is 0 Å². The number of nitrogens with zero attached hydrogens (tertiary/aromatic N) is 1. The zero-order valence-corrected chi connectivity index (χ0v) is 9.95. The molecular weight excluding hydrogens is 198 g/mol. The van der Waals surface area contributed by atoms with E-state index < -0.39 is 0 Å². The van der Waals surface area contributed by atoms with Crippen LogP contribution in [0.5, 0.6) is 0 Å². The van der Waals surface area contributed by atoms with E-state index in [4.69, 9.17) is 11.5 Å². The van der Waals surface area contributed by atoms with Gasteiger partial charge in [0.25, 0.3) is 0 Å². The summed E-state index contributed by atoms with van der Waals surface area (Å²) in [6.45, 7) is 5.02. The first-order chi connectivity index (χ1) is 7.76. The standard InChI is InChI=1S/C13H21N3/c1-2-6-16-7-5-11-8-10(12(15)9-14)3-4-13(11)16/h3-4,8,12H,2,5-7,9,14-15H2,1H3/t12-/m1/s1. The number of fused-ring (bicyclic) bond motifs is 1. The van der Waals surface area contributed by atoms with E-state index in [1.54, 1.807) is 0 Å². The Balaban J connectivity index is 2.22. The van der Waals surface area contributed by atoms with E-state index in [1.807, 2.05) is 0 Å². The van der Waals surface area contributed by atoms with Crippen LogP contribution in [0.1, 0.15) is 30.5 Å². The van der Waals surface area contributed by atoms with Crippen LogP contribution in [-0.4, -0.2) is 19.6 Å². The maximum Gasteiger partial charge on any atom is 0.0419 e. The fourth-order valence-corrected chi connectivity index (χ4v) is 2.36. The van der Waals surface area contributed by atoms with Crippen molar-refractivity contribution in [1.29, 1.82) is 0 Å². The van der Waals surface area contributed by atoms with Gasteiger partial charge in [-0.05, 0) is 30.0 Å². The molecule has 0 radical (unpaired) electrons. The molecular formula is C13H21N3. The topological polar surface area (TPSA) is 55.3 Å². The van der Waals surface area contributed by atoms with Gasteiger partial charge in [-0.15, -0.1) is 0 Å². The lowest BCUT2D eigenvalue weighted by atomic mass is 10.0. The molecule has 3 heteroatoms. The van der Waals surface area contributed by atoms with Crippen molar-refractivity contribution >= 4 is 5.69 Å². The lowest BCUT2D eigenvalue weighted by Gasteiger charge is -2.19. The van der Waals surface area contributed by atoms with Crippen LogP contribution >= 0.6 is 0 Å². The number of rotatable bonds is 4. The lowest BCUT2D eigenvalue weighted by Crippen LogP contribution is -2.21. The molecule has 88 valence electrons. The molecule has 0 bridgehead atoms. The number of nitrogens with two attached hydrogens (primary N) is 2. The Bertz CT molecular complexity index is 362. The highest BCUT2D eigenvalue weighted by Crippen LogP contribution is 2.29. The Morgan fingerprint density at radius 3 is 2.94 bits per heavy atom. The van der Waals surface area contributed by atoms with Gasteiger partial charge in [-0.2, -0.15) is 0 Å². The van der Waals surface area contributed by atoms with Gasteiger partial charge in [0.15, 0.2) is 0 Å². The predicted molar refractivity (Wildman–Crippen MR) is 68.6 cm³/mol. The highest BCUT2D eigenvalue weighted by Gasteiger charge is 2.19. The van der Waals surface area contributed by atoms with E-state index in [1.165, 1.54) is 23.2 Å².